The summed E-state index contributed by atoms with van der Waals surface area (Å²) in [7, 11) is 0. The number of alkyl halides is 2. The zero-order valence-electron chi connectivity index (χ0n) is 21.3. The zero-order chi connectivity index (χ0) is 24.4. The highest BCUT2D eigenvalue weighted by atomic mass is 35.5. The Bertz CT molecular complexity index is 764. The van der Waals surface area contributed by atoms with Gasteiger partial charge in [-0.2, -0.15) is 0 Å². The molecule has 3 saturated carbocycles. The first-order valence-corrected chi connectivity index (χ1v) is 14.1. The van der Waals surface area contributed by atoms with E-state index in [-0.39, 0.29) is 6.10 Å². The molecule has 3 rings (SSSR count). The normalized spacial score (nSPS) is 34.7. The fourth-order valence-electron chi connectivity index (χ4n) is 7.22. The van der Waals surface area contributed by atoms with E-state index in [1.165, 1.54) is 43.3 Å². The van der Waals surface area contributed by atoms with Gasteiger partial charge in [-0.3, -0.25) is 0 Å². The first-order chi connectivity index (χ1) is 15.5. The molecule has 5 atom stereocenters. The van der Waals surface area contributed by atoms with Gasteiger partial charge in [0, 0.05) is 0 Å². The second-order valence-corrected chi connectivity index (χ2v) is 13.0. The molecule has 0 aliphatic heterocycles. The largest absolute Gasteiger partial charge is 0.393 e. The van der Waals surface area contributed by atoms with Gasteiger partial charge in [0.05, 0.1) is 11.7 Å². The molecule has 0 bridgehead atoms. The molecular weight excluding hydrogens is 451 g/mol. The van der Waals surface area contributed by atoms with Crippen LogP contribution in [-0.4, -0.2) is 26.3 Å². The molecule has 0 heterocycles. The number of hydrogen-bond acceptors (Lipinski definition) is 2. The Morgan fingerprint density at radius 2 is 1.85 bits per heavy atom. The van der Waals surface area contributed by atoms with Crippen molar-refractivity contribution < 1.29 is 10.2 Å². The molecule has 0 saturated heterocycles. The molecule has 0 aromatic rings. The van der Waals surface area contributed by atoms with E-state index in [2.05, 4.69) is 32.6 Å². The number of rotatable bonds is 8. The van der Waals surface area contributed by atoms with Crippen LogP contribution in [0, 0.1) is 23.2 Å². The van der Waals surface area contributed by atoms with Crippen LogP contribution < -0.4 is 0 Å². The molecule has 0 aromatic carbocycles. The van der Waals surface area contributed by atoms with E-state index >= 15 is 0 Å². The Kier molecular flexibility index (Phi) is 8.91. The van der Waals surface area contributed by atoms with Crippen LogP contribution in [0.25, 0.3) is 0 Å². The zero-order valence-corrected chi connectivity index (χ0v) is 22.8. The van der Waals surface area contributed by atoms with Crippen LogP contribution >= 0.6 is 23.2 Å². The predicted octanol–water partition coefficient (Wildman–Crippen LogP) is 8.30. The van der Waals surface area contributed by atoms with Crippen molar-refractivity contribution in [1.82, 2.24) is 0 Å². The highest BCUT2D eigenvalue weighted by Gasteiger charge is 2.51. The smallest absolute Gasteiger partial charge is 0.146 e. The molecule has 2 N–H and O–H groups in total. The first-order valence-electron chi connectivity index (χ1n) is 13.3. The van der Waals surface area contributed by atoms with Crippen molar-refractivity contribution in [3.63, 3.8) is 0 Å². The Morgan fingerprint density at radius 1 is 1.15 bits per heavy atom. The highest BCUT2D eigenvalue weighted by molar-refractivity contribution is 6.49. The SMILES string of the molecule is C=C1CC[C@H](O)C/C1=C/C=C1CCC[C@@]2(C)C1CC[C@@H]2[C@H](C)CCC(Cl)(Cl)C(O)(CC)CC. The minimum absolute atomic E-state index is 0.220. The molecule has 3 fully saturated rings. The lowest BCUT2D eigenvalue weighted by Gasteiger charge is -2.45. The van der Waals surface area contributed by atoms with E-state index in [0.717, 1.165) is 25.7 Å². The predicted molar refractivity (Wildman–Crippen MR) is 142 cm³/mol. The third-order valence-electron chi connectivity index (χ3n) is 9.68. The monoisotopic (exact) mass is 496 g/mol. The number of fused-ring (bicyclic) bond motifs is 1. The molecular formula is C29H46Cl2O2. The standard InChI is InChI=1S/C29H46Cl2O2/c1-6-28(33,7-2)29(30,31)18-16-21(4)25-14-15-26-22(9-8-17-27(25,26)5)11-12-23-19-24(32)13-10-20(23)3/h11-12,21,24-26,32-33H,3,6-10,13-19H2,1-2,4-5H3/b22-11?,23-12-/t21-,24+,25-,26?,27-/m1/s1. The van der Waals surface area contributed by atoms with Gasteiger partial charge in [0.1, 0.15) is 4.33 Å². The lowest BCUT2D eigenvalue weighted by molar-refractivity contribution is 0.00881. The average molecular weight is 498 g/mol. The maximum absolute atomic E-state index is 10.9. The highest BCUT2D eigenvalue weighted by Crippen LogP contribution is 2.60. The molecule has 3 aliphatic carbocycles. The molecule has 2 nitrogen and oxygen atoms in total. The van der Waals surface area contributed by atoms with Gasteiger partial charge >= 0.3 is 0 Å². The number of aliphatic hydroxyl groups is 2. The Morgan fingerprint density at radius 3 is 2.52 bits per heavy atom. The number of halogens is 2. The number of hydrogen-bond donors (Lipinski definition) is 2. The Hall–Kier alpha value is -0.280. The summed E-state index contributed by atoms with van der Waals surface area (Å²) in [5.74, 6) is 1.82. The fraction of sp³-hybridized carbons (Fsp3) is 0.793. The maximum atomic E-state index is 10.9. The molecule has 33 heavy (non-hydrogen) atoms. The van der Waals surface area contributed by atoms with Gasteiger partial charge in [-0.05, 0) is 106 Å². The van der Waals surface area contributed by atoms with Crippen LogP contribution in [0.4, 0.5) is 0 Å². The van der Waals surface area contributed by atoms with Crippen molar-refractivity contribution in [2.45, 2.75) is 121 Å². The Balaban J connectivity index is 1.70. The summed E-state index contributed by atoms with van der Waals surface area (Å²) in [4.78, 5) is 0. The molecule has 1 unspecified atom stereocenters. The maximum Gasteiger partial charge on any atom is 0.146 e. The van der Waals surface area contributed by atoms with Crippen molar-refractivity contribution >= 4 is 23.2 Å². The molecule has 4 heteroatoms. The lowest BCUT2D eigenvalue weighted by Crippen LogP contribution is -2.46. The summed E-state index contributed by atoms with van der Waals surface area (Å²) in [6.45, 7) is 13.0. The second kappa shape index (κ2) is 10.8. The van der Waals surface area contributed by atoms with Gasteiger partial charge in [0.15, 0.2) is 0 Å². The van der Waals surface area contributed by atoms with Crippen molar-refractivity contribution in [3.05, 3.63) is 35.5 Å². The van der Waals surface area contributed by atoms with E-state index in [9.17, 15) is 10.2 Å². The van der Waals surface area contributed by atoms with E-state index in [4.69, 9.17) is 23.2 Å². The van der Waals surface area contributed by atoms with Gasteiger partial charge < -0.3 is 10.2 Å². The summed E-state index contributed by atoms with van der Waals surface area (Å²) in [5, 5.41) is 21.0. The van der Waals surface area contributed by atoms with Crippen LogP contribution in [0.1, 0.15) is 105 Å². The van der Waals surface area contributed by atoms with Crippen LogP contribution in [-0.2, 0) is 0 Å². The first kappa shape index (κ1) is 27.3. The molecule has 3 aliphatic rings. The minimum atomic E-state index is -1.10. The quantitative estimate of drug-likeness (QED) is 0.331. The van der Waals surface area contributed by atoms with Gasteiger partial charge in [-0.1, -0.05) is 80.8 Å². The van der Waals surface area contributed by atoms with Gasteiger partial charge in [0.25, 0.3) is 0 Å². The van der Waals surface area contributed by atoms with Crippen LogP contribution in [0.3, 0.4) is 0 Å². The third-order valence-corrected chi connectivity index (χ3v) is 10.8. The van der Waals surface area contributed by atoms with Crippen molar-refractivity contribution in [2.24, 2.45) is 23.2 Å². The number of aliphatic hydroxyl groups excluding tert-OH is 1. The lowest BCUT2D eigenvalue weighted by atomic mass is 9.60. The van der Waals surface area contributed by atoms with Crippen LogP contribution in [0.15, 0.2) is 35.5 Å². The summed E-state index contributed by atoms with van der Waals surface area (Å²) in [6.07, 6.45) is 15.8. The van der Waals surface area contributed by atoms with E-state index < -0.39 is 9.93 Å². The van der Waals surface area contributed by atoms with Gasteiger partial charge in [-0.15, -0.1) is 0 Å². The van der Waals surface area contributed by atoms with Gasteiger partial charge in [0.2, 0.25) is 0 Å². The van der Waals surface area contributed by atoms with E-state index in [1.54, 1.807) is 5.57 Å². The summed E-state index contributed by atoms with van der Waals surface area (Å²) in [6, 6.07) is 0. The summed E-state index contributed by atoms with van der Waals surface area (Å²) in [5.41, 5.74) is 3.31. The van der Waals surface area contributed by atoms with Crippen molar-refractivity contribution in [3.8, 4) is 0 Å². The van der Waals surface area contributed by atoms with Crippen molar-refractivity contribution in [1.29, 1.82) is 0 Å². The van der Waals surface area contributed by atoms with E-state index in [0.29, 0.717) is 42.4 Å². The molecule has 0 radical (unpaired) electrons. The summed E-state index contributed by atoms with van der Waals surface area (Å²) < 4.78 is -1.10. The molecule has 0 amide bonds. The minimum Gasteiger partial charge on any atom is -0.393 e. The van der Waals surface area contributed by atoms with Crippen molar-refractivity contribution in [2.75, 3.05) is 0 Å². The van der Waals surface area contributed by atoms with Crippen LogP contribution in [0.5, 0.6) is 0 Å². The van der Waals surface area contributed by atoms with Crippen LogP contribution in [0.2, 0.25) is 0 Å². The molecule has 0 spiro atoms. The average Bonchev–Trinajstić information content (AvgIpc) is 3.15. The fourth-order valence-corrected chi connectivity index (χ4v) is 7.97. The number of allylic oxidation sites excluding steroid dienone is 4. The molecule has 188 valence electrons. The topological polar surface area (TPSA) is 40.5 Å². The Labute approximate surface area is 212 Å². The third kappa shape index (κ3) is 5.60. The second-order valence-electron chi connectivity index (χ2n) is 11.5. The summed E-state index contributed by atoms with van der Waals surface area (Å²) >= 11 is 13.4. The van der Waals surface area contributed by atoms with Gasteiger partial charge in [-0.25, -0.2) is 0 Å². The van der Waals surface area contributed by atoms with E-state index in [1.807, 2.05) is 13.8 Å². The molecule has 0 aromatic heterocycles.